The van der Waals surface area contributed by atoms with Gasteiger partial charge in [0.25, 0.3) is 0 Å². The fourth-order valence-electron chi connectivity index (χ4n) is 5.50. The molecule has 7 nitrogen and oxygen atoms in total. The summed E-state index contributed by atoms with van der Waals surface area (Å²) in [6.07, 6.45) is 3.73. The largest absolute Gasteiger partial charge is 0.465 e. The molecule has 212 valence electrons. The van der Waals surface area contributed by atoms with Gasteiger partial charge in [0.1, 0.15) is 23.4 Å². The normalized spacial score (nSPS) is 22.1. The number of hydrazine groups is 1. The van der Waals surface area contributed by atoms with Crippen LogP contribution in [0.4, 0.5) is 14.6 Å². The second-order valence-electron chi connectivity index (χ2n) is 11.5. The van der Waals surface area contributed by atoms with Crippen LogP contribution in [0.2, 0.25) is 5.02 Å². The molecule has 2 aliphatic rings. The number of aromatic nitrogens is 1. The number of piperidine rings is 1. The van der Waals surface area contributed by atoms with Crippen LogP contribution >= 0.6 is 11.6 Å². The van der Waals surface area contributed by atoms with Gasteiger partial charge in [0.15, 0.2) is 5.82 Å². The van der Waals surface area contributed by atoms with Crippen LogP contribution in [0.15, 0.2) is 36.0 Å². The third-order valence-electron chi connectivity index (χ3n) is 7.44. The van der Waals surface area contributed by atoms with E-state index < -0.39 is 11.8 Å². The summed E-state index contributed by atoms with van der Waals surface area (Å²) < 4.78 is 34.8. The van der Waals surface area contributed by atoms with Crippen LogP contribution in [-0.4, -0.2) is 52.3 Å². The maximum absolute atomic E-state index is 15.5. The van der Waals surface area contributed by atoms with Crippen molar-refractivity contribution in [3.63, 3.8) is 0 Å². The van der Waals surface area contributed by atoms with Crippen molar-refractivity contribution in [2.24, 2.45) is 5.92 Å². The highest BCUT2D eigenvalue weighted by atomic mass is 35.5. The van der Waals surface area contributed by atoms with Gasteiger partial charge in [-0.2, -0.15) is 0 Å². The van der Waals surface area contributed by atoms with E-state index in [4.69, 9.17) is 16.3 Å². The van der Waals surface area contributed by atoms with E-state index in [9.17, 15) is 9.18 Å². The number of hydrogen-bond acceptors (Lipinski definition) is 7. The minimum atomic E-state index is -0.742. The van der Waals surface area contributed by atoms with E-state index in [1.54, 1.807) is 18.2 Å². The minimum absolute atomic E-state index is 0.121. The van der Waals surface area contributed by atoms with Gasteiger partial charge < -0.3 is 15.1 Å². The predicted octanol–water partition coefficient (Wildman–Crippen LogP) is 5.90. The van der Waals surface area contributed by atoms with Gasteiger partial charge >= 0.3 is 5.97 Å². The highest BCUT2D eigenvalue weighted by Crippen LogP contribution is 2.30. The molecule has 1 fully saturated rings. The molecule has 0 radical (unpaired) electrons. The molecular weight excluding hydrogens is 524 g/mol. The number of esters is 1. The summed E-state index contributed by atoms with van der Waals surface area (Å²) in [4.78, 5) is 19.2. The number of ether oxygens (including phenoxy) is 1. The molecule has 0 aliphatic carbocycles. The summed E-state index contributed by atoms with van der Waals surface area (Å²) in [7, 11) is 1.24. The van der Waals surface area contributed by atoms with Crippen LogP contribution in [0.1, 0.15) is 69.1 Å². The van der Waals surface area contributed by atoms with E-state index >= 15 is 4.39 Å². The number of pyridine rings is 1. The number of carbonyl (C=O) groups excluding carboxylic acids is 1. The first-order valence-electron chi connectivity index (χ1n) is 13.3. The summed E-state index contributed by atoms with van der Waals surface area (Å²) in [6, 6.07) is 6.61. The van der Waals surface area contributed by atoms with Crippen molar-refractivity contribution in [2.45, 2.75) is 78.2 Å². The van der Waals surface area contributed by atoms with Crippen LogP contribution in [0.3, 0.4) is 0 Å². The maximum Gasteiger partial charge on any atom is 0.341 e. The number of allylic oxidation sites excluding steroid dienone is 1. The Hall–Kier alpha value is -2.75. The number of nitrogens with one attached hydrogen (secondary N) is 2. The zero-order valence-corrected chi connectivity index (χ0v) is 24.2. The van der Waals surface area contributed by atoms with E-state index in [1.165, 1.54) is 13.2 Å². The summed E-state index contributed by atoms with van der Waals surface area (Å²) in [5.74, 6) is -1.22. The van der Waals surface area contributed by atoms with Crippen LogP contribution in [0.5, 0.6) is 0 Å². The van der Waals surface area contributed by atoms with E-state index in [2.05, 4.69) is 53.3 Å². The fraction of sp³-hybridized carbons (Fsp3) is 0.517. The Morgan fingerprint density at radius 2 is 2.03 bits per heavy atom. The fourth-order valence-corrected chi connectivity index (χ4v) is 5.70. The smallest absolute Gasteiger partial charge is 0.341 e. The molecule has 1 unspecified atom stereocenters. The number of nitrogens with zero attached hydrogens (tertiary/aromatic N) is 3. The lowest BCUT2D eigenvalue weighted by atomic mass is 9.87. The van der Waals surface area contributed by atoms with E-state index in [-0.39, 0.29) is 45.8 Å². The summed E-state index contributed by atoms with van der Waals surface area (Å²) in [6.45, 7) is 11.6. The van der Waals surface area contributed by atoms with Gasteiger partial charge in [-0.15, -0.1) is 0 Å². The average molecular weight is 562 g/mol. The highest BCUT2D eigenvalue weighted by molar-refractivity contribution is 6.30. The average Bonchev–Trinajstić information content (AvgIpc) is 3.25. The first-order valence-corrected chi connectivity index (χ1v) is 13.7. The van der Waals surface area contributed by atoms with Gasteiger partial charge in [0.05, 0.1) is 17.8 Å². The quantitative estimate of drug-likeness (QED) is 0.408. The van der Waals surface area contributed by atoms with Crippen molar-refractivity contribution in [2.75, 3.05) is 19.0 Å². The number of rotatable bonds is 7. The minimum Gasteiger partial charge on any atom is -0.465 e. The molecule has 1 aromatic carbocycles. The Bertz CT molecular complexity index is 1250. The van der Waals surface area contributed by atoms with Gasteiger partial charge in [0, 0.05) is 29.4 Å². The summed E-state index contributed by atoms with van der Waals surface area (Å²) in [5, 5.41) is 5.46. The summed E-state index contributed by atoms with van der Waals surface area (Å²) in [5.41, 5.74) is 4.96. The van der Waals surface area contributed by atoms with Crippen molar-refractivity contribution < 1.29 is 18.3 Å². The molecule has 2 aliphatic heterocycles. The molecule has 0 spiro atoms. The Morgan fingerprint density at radius 3 is 2.67 bits per heavy atom. The van der Waals surface area contributed by atoms with E-state index in [0.29, 0.717) is 24.3 Å². The van der Waals surface area contributed by atoms with E-state index in [0.717, 1.165) is 25.1 Å². The molecule has 4 rings (SSSR count). The van der Waals surface area contributed by atoms with Crippen LogP contribution in [0.25, 0.3) is 0 Å². The van der Waals surface area contributed by atoms with Gasteiger partial charge in [-0.05, 0) is 84.6 Å². The molecule has 39 heavy (non-hydrogen) atoms. The monoisotopic (exact) mass is 561 g/mol. The first-order chi connectivity index (χ1) is 18.4. The Kier molecular flexibility index (Phi) is 8.83. The molecule has 3 heterocycles. The molecule has 0 bridgehead atoms. The third-order valence-corrected chi connectivity index (χ3v) is 7.74. The summed E-state index contributed by atoms with van der Waals surface area (Å²) >= 11 is 5.96. The lowest BCUT2D eigenvalue weighted by Crippen LogP contribution is -2.50. The van der Waals surface area contributed by atoms with E-state index in [1.807, 2.05) is 13.0 Å². The highest BCUT2D eigenvalue weighted by Gasteiger charge is 2.31. The number of carbonyl (C=O) groups is 1. The molecule has 1 aromatic heterocycles. The maximum atomic E-state index is 15.5. The van der Waals surface area contributed by atoms with Crippen LogP contribution in [-0.2, 0) is 17.7 Å². The number of likely N-dealkylation sites (tertiary alicyclic amines) is 1. The van der Waals surface area contributed by atoms with Crippen molar-refractivity contribution in [3.8, 4) is 0 Å². The topological polar surface area (TPSA) is 69.7 Å². The Balaban J connectivity index is 1.48. The van der Waals surface area contributed by atoms with Crippen molar-refractivity contribution >= 4 is 23.4 Å². The van der Waals surface area contributed by atoms with Crippen molar-refractivity contribution in [1.82, 2.24) is 20.3 Å². The SMILES string of the molecule is COC(=O)c1cc(NC2C=C(C)N(C(C)(C)C)N2)nc(C[C@H]2CCN(Cc3cccc(Cl)c3F)[C@H](C)C2)c1F. The van der Waals surface area contributed by atoms with Crippen LogP contribution in [0, 0.1) is 17.6 Å². The second kappa shape index (κ2) is 11.8. The predicted molar refractivity (Wildman–Crippen MR) is 149 cm³/mol. The lowest BCUT2D eigenvalue weighted by Gasteiger charge is -2.38. The molecule has 2 aromatic rings. The van der Waals surface area contributed by atoms with Crippen LogP contribution < -0.4 is 10.7 Å². The third kappa shape index (κ3) is 6.70. The first kappa shape index (κ1) is 29.2. The van der Waals surface area contributed by atoms with Gasteiger partial charge in [-0.3, -0.25) is 4.90 Å². The molecule has 1 saturated heterocycles. The zero-order chi connectivity index (χ0) is 28.5. The number of anilines is 1. The number of methoxy groups -OCH3 is 1. The standard InChI is InChI=1S/C29H38ClF2N5O2/c1-17-12-19(10-11-36(17)16-20-8-7-9-22(30)26(20)31)14-23-27(32)21(28(38)39-6)15-24(33-23)34-25-13-18(2)37(35-25)29(3,4)5/h7-9,13,15,17,19,25,35H,10-12,14,16H2,1-6H3,(H,33,34)/t17-,19+,25?/m1/s1. The molecule has 3 atom stereocenters. The molecule has 0 saturated carbocycles. The molecule has 0 amide bonds. The van der Waals surface area contributed by atoms with Crippen molar-refractivity contribution in [3.05, 3.63) is 69.5 Å². The molecular formula is C29H38ClF2N5O2. The number of hydrogen-bond donors (Lipinski definition) is 2. The number of halogens is 3. The van der Waals surface area contributed by atoms with Gasteiger partial charge in [0.2, 0.25) is 0 Å². The Labute approximate surface area is 234 Å². The van der Waals surface area contributed by atoms with Gasteiger partial charge in [-0.1, -0.05) is 23.7 Å². The van der Waals surface area contributed by atoms with Crippen molar-refractivity contribution in [1.29, 1.82) is 0 Å². The Morgan fingerprint density at radius 1 is 1.28 bits per heavy atom. The number of benzene rings is 1. The zero-order valence-electron chi connectivity index (χ0n) is 23.4. The molecule has 2 N–H and O–H groups in total. The second-order valence-corrected chi connectivity index (χ2v) is 11.9. The van der Waals surface area contributed by atoms with Gasteiger partial charge in [-0.25, -0.2) is 24.0 Å². The molecule has 10 heteroatoms. The lowest BCUT2D eigenvalue weighted by molar-refractivity contribution is 0.0594.